The van der Waals surface area contributed by atoms with E-state index in [2.05, 4.69) is 42.1 Å². The van der Waals surface area contributed by atoms with Crippen molar-refractivity contribution in [2.24, 2.45) is 11.8 Å². The summed E-state index contributed by atoms with van der Waals surface area (Å²) < 4.78 is 0. The van der Waals surface area contributed by atoms with Gasteiger partial charge in [0.15, 0.2) is 0 Å². The van der Waals surface area contributed by atoms with Crippen molar-refractivity contribution < 1.29 is 0 Å². The van der Waals surface area contributed by atoms with Crippen molar-refractivity contribution in [1.82, 2.24) is 9.97 Å². The molecule has 1 saturated carbocycles. The molecule has 0 aliphatic heterocycles. The number of nitrogen functional groups attached to an aromatic ring is 1. The first-order valence-corrected chi connectivity index (χ1v) is 8.66. The van der Waals surface area contributed by atoms with Gasteiger partial charge in [0, 0.05) is 10.9 Å². The molecule has 3 N–H and O–H groups in total. The molecule has 3 rings (SSSR count). The Morgan fingerprint density at radius 1 is 1.29 bits per heavy atom. The molecule has 5 heteroatoms. The van der Waals surface area contributed by atoms with Gasteiger partial charge in [-0.1, -0.05) is 26.7 Å². The minimum Gasteiger partial charge on any atom is -0.368 e. The van der Waals surface area contributed by atoms with Gasteiger partial charge in [0.05, 0.1) is 5.39 Å². The second-order valence-electron chi connectivity index (χ2n) is 6.45. The SMILES string of the molecule is Cc1cc2c(NC3CCCCC3C(C)C)nc(N)nc2s1. The van der Waals surface area contributed by atoms with Gasteiger partial charge < -0.3 is 11.1 Å². The van der Waals surface area contributed by atoms with E-state index in [1.165, 1.54) is 30.6 Å². The van der Waals surface area contributed by atoms with Gasteiger partial charge in [0.1, 0.15) is 10.6 Å². The maximum atomic E-state index is 5.88. The summed E-state index contributed by atoms with van der Waals surface area (Å²) in [5.74, 6) is 2.69. The monoisotopic (exact) mass is 304 g/mol. The van der Waals surface area contributed by atoms with Gasteiger partial charge in [-0.2, -0.15) is 4.98 Å². The van der Waals surface area contributed by atoms with Gasteiger partial charge in [-0.25, -0.2) is 4.98 Å². The second kappa shape index (κ2) is 5.79. The molecule has 1 aliphatic rings. The zero-order valence-corrected chi connectivity index (χ0v) is 13.8. The predicted molar refractivity (Wildman–Crippen MR) is 90.8 cm³/mol. The molecule has 114 valence electrons. The maximum absolute atomic E-state index is 5.88. The molecular formula is C16H24N4S. The molecule has 1 fully saturated rings. The summed E-state index contributed by atoms with van der Waals surface area (Å²) in [5, 5.41) is 4.80. The molecule has 1 aliphatic carbocycles. The minimum atomic E-state index is 0.365. The molecule has 0 aromatic carbocycles. The Bertz CT molecular complexity index is 634. The van der Waals surface area contributed by atoms with Crippen LogP contribution < -0.4 is 11.1 Å². The summed E-state index contributed by atoms with van der Waals surface area (Å²) in [6.45, 7) is 6.75. The highest BCUT2D eigenvalue weighted by Crippen LogP contribution is 2.35. The number of aromatic nitrogens is 2. The van der Waals surface area contributed by atoms with E-state index >= 15 is 0 Å². The number of fused-ring (bicyclic) bond motifs is 1. The third-order valence-corrected chi connectivity index (χ3v) is 5.48. The maximum Gasteiger partial charge on any atom is 0.223 e. The van der Waals surface area contributed by atoms with Crippen molar-refractivity contribution in [1.29, 1.82) is 0 Å². The first-order valence-electron chi connectivity index (χ1n) is 7.85. The molecular weight excluding hydrogens is 280 g/mol. The zero-order valence-electron chi connectivity index (χ0n) is 13.0. The summed E-state index contributed by atoms with van der Waals surface area (Å²) in [6, 6.07) is 2.66. The highest BCUT2D eigenvalue weighted by atomic mass is 32.1. The van der Waals surface area contributed by atoms with Crippen LogP contribution >= 0.6 is 11.3 Å². The lowest BCUT2D eigenvalue weighted by atomic mass is 9.78. The van der Waals surface area contributed by atoms with Gasteiger partial charge >= 0.3 is 0 Å². The van der Waals surface area contributed by atoms with E-state index in [1.807, 2.05) is 0 Å². The molecule has 2 aromatic rings. The van der Waals surface area contributed by atoms with Gasteiger partial charge in [-0.3, -0.25) is 0 Å². The Hall–Kier alpha value is -1.36. The number of nitrogens with zero attached hydrogens (tertiary/aromatic N) is 2. The largest absolute Gasteiger partial charge is 0.368 e. The molecule has 2 heterocycles. The minimum absolute atomic E-state index is 0.365. The van der Waals surface area contributed by atoms with Crippen molar-refractivity contribution in [2.45, 2.75) is 52.5 Å². The summed E-state index contributed by atoms with van der Waals surface area (Å²) in [7, 11) is 0. The number of aryl methyl sites for hydroxylation is 1. The summed E-state index contributed by atoms with van der Waals surface area (Å²) in [5.41, 5.74) is 5.88. The van der Waals surface area contributed by atoms with Crippen LogP contribution in [0.25, 0.3) is 10.2 Å². The molecule has 2 aromatic heterocycles. The van der Waals surface area contributed by atoms with E-state index in [0.29, 0.717) is 23.8 Å². The van der Waals surface area contributed by atoms with Crippen LogP contribution in [0.1, 0.15) is 44.4 Å². The van der Waals surface area contributed by atoms with Gasteiger partial charge in [0.25, 0.3) is 0 Å². The summed E-state index contributed by atoms with van der Waals surface area (Å²) in [6.07, 6.45) is 5.17. The summed E-state index contributed by atoms with van der Waals surface area (Å²) >= 11 is 1.68. The van der Waals surface area contributed by atoms with E-state index in [0.717, 1.165) is 16.0 Å². The lowest BCUT2D eigenvalue weighted by Crippen LogP contribution is -2.35. The lowest BCUT2D eigenvalue weighted by molar-refractivity contribution is 0.253. The fourth-order valence-electron chi connectivity index (χ4n) is 3.48. The average molecular weight is 304 g/mol. The third-order valence-electron chi connectivity index (χ3n) is 4.53. The van der Waals surface area contributed by atoms with Crippen LogP contribution in [-0.2, 0) is 0 Å². The van der Waals surface area contributed by atoms with Crippen molar-refractivity contribution in [3.63, 3.8) is 0 Å². The highest BCUT2D eigenvalue weighted by molar-refractivity contribution is 7.18. The topological polar surface area (TPSA) is 63.8 Å². The Balaban J connectivity index is 1.93. The Morgan fingerprint density at radius 2 is 2.05 bits per heavy atom. The van der Waals surface area contributed by atoms with Crippen LogP contribution in [0.15, 0.2) is 6.07 Å². The normalized spacial score (nSPS) is 22.9. The number of thiophene rings is 1. The Morgan fingerprint density at radius 3 is 2.81 bits per heavy atom. The molecule has 4 nitrogen and oxygen atoms in total. The van der Waals surface area contributed by atoms with Crippen LogP contribution in [-0.4, -0.2) is 16.0 Å². The first kappa shape index (κ1) is 14.6. The molecule has 0 spiro atoms. The van der Waals surface area contributed by atoms with Crippen molar-refractivity contribution >= 4 is 33.3 Å². The van der Waals surface area contributed by atoms with E-state index in [1.54, 1.807) is 11.3 Å². The number of nitrogens with one attached hydrogen (secondary N) is 1. The number of rotatable bonds is 3. The van der Waals surface area contributed by atoms with Crippen LogP contribution in [0.5, 0.6) is 0 Å². The third kappa shape index (κ3) is 2.98. The van der Waals surface area contributed by atoms with Gasteiger partial charge in [0.2, 0.25) is 5.95 Å². The average Bonchev–Trinajstić information content (AvgIpc) is 2.79. The molecule has 2 atom stereocenters. The lowest BCUT2D eigenvalue weighted by Gasteiger charge is -2.35. The fraction of sp³-hybridized carbons (Fsp3) is 0.625. The number of nitrogens with two attached hydrogens (primary N) is 1. The smallest absolute Gasteiger partial charge is 0.223 e. The molecule has 0 bridgehead atoms. The van der Waals surface area contributed by atoms with E-state index < -0.39 is 0 Å². The van der Waals surface area contributed by atoms with Crippen molar-refractivity contribution in [3.8, 4) is 0 Å². The van der Waals surface area contributed by atoms with Crippen LogP contribution in [0.3, 0.4) is 0 Å². The quantitative estimate of drug-likeness (QED) is 0.891. The molecule has 0 saturated heterocycles. The summed E-state index contributed by atoms with van der Waals surface area (Å²) in [4.78, 5) is 11.0. The highest BCUT2D eigenvalue weighted by Gasteiger charge is 2.28. The van der Waals surface area contributed by atoms with E-state index in [9.17, 15) is 0 Å². The van der Waals surface area contributed by atoms with E-state index in [-0.39, 0.29) is 0 Å². The van der Waals surface area contributed by atoms with Gasteiger partial charge in [-0.05, 0) is 37.7 Å². The molecule has 21 heavy (non-hydrogen) atoms. The predicted octanol–water partition coefficient (Wildman–Crippen LogP) is 4.21. The van der Waals surface area contributed by atoms with Crippen LogP contribution in [0.4, 0.5) is 11.8 Å². The Kier molecular flexibility index (Phi) is 4.02. The van der Waals surface area contributed by atoms with E-state index in [4.69, 9.17) is 5.73 Å². The van der Waals surface area contributed by atoms with Crippen LogP contribution in [0.2, 0.25) is 0 Å². The second-order valence-corrected chi connectivity index (χ2v) is 7.68. The molecule has 0 amide bonds. The number of hydrogen-bond donors (Lipinski definition) is 2. The number of hydrogen-bond acceptors (Lipinski definition) is 5. The molecule has 0 radical (unpaired) electrons. The van der Waals surface area contributed by atoms with Gasteiger partial charge in [-0.15, -0.1) is 11.3 Å². The standard InChI is InChI=1S/C16H24N4S/c1-9(2)11-6-4-5-7-13(11)18-14-12-8-10(3)21-15(12)20-16(17)19-14/h8-9,11,13H,4-7H2,1-3H3,(H3,17,18,19,20). The fourth-order valence-corrected chi connectivity index (χ4v) is 4.37. The molecule has 2 unspecified atom stereocenters. The first-order chi connectivity index (χ1) is 10.0. The number of anilines is 2. The van der Waals surface area contributed by atoms with Crippen molar-refractivity contribution in [3.05, 3.63) is 10.9 Å². The van der Waals surface area contributed by atoms with Crippen molar-refractivity contribution in [2.75, 3.05) is 11.1 Å². The Labute approximate surface area is 130 Å². The zero-order chi connectivity index (χ0) is 15.0. The van der Waals surface area contributed by atoms with Crippen LogP contribution in [0, 0.1) is 18.8 Å².